The fourth-order valence-corrected chi connectivity index (χ4v) is 0.826. The molecule has 1 aromatic carbocycles. The van der Waals surface area contributed by atoms with Crippen LogP contribution >= 0.6 is 0 Å². The molecule has 16 heavy (non-hydrogen) atoms. The molecule has 1 rings (SSSR count). The molecule has 0 amide bonds. The Morgan fingerprint density at radius 1 is 1.12 bits per heavy atom. The minimum atomic E-state index is -0.637. The average Bonchev–Trinajstić information content (AvgIpc) is 2.17. The average molecular weight is 224 g/mol. The molecule has 0 aromatic heterocycles. The monoisotopic (exact) mass is 224 g/mol. The number of benzene rings is 1. The molecule has 0 radical (unpaired) electrons. The van der Waals surface area contributed by atoms with Crippen LogP contribution in [0.25, 0.3) is 0 Å². The smallest absolute Gasteiger partial charge is 0.438 e. The highest BCUT2D eigenvalue weighted by Crippen LogP contribution is 2.06. The molecular weight excluding hydrogens is 204 g/mol. The van der Waals surface area contributed by atoms with Crippen molar-refractivity contribution in [1.82, 2.24) is 0 Å². The first-order valence-corrected chi connectivity index (χ1v) is 5.14. The summed E-state index contributed by atoms with van der Waals surface area (Å²) in [6.45, 7) is 7.43. The van der Waals surface area contributed by atoms with Crippen LogP contribution in [-0.4, -0.2) is 18.9 Å². The zero-order chi connectivity index (χ0) is 12.6. The van der Waals surface area contributed by atoms with E-state index in [0.717, 1.165) is 0 Å². The fourth-order valence-electron chi connectivity index (χ4n) is 0.826. The van der Waals surface area contributed by atoms with Gasteiger partial charge in [-0.1, -0.05) is 35.9 Å². The lowest BCUT2D eigenvalue weighted by molar-refractivity contribution is 0.00341. The molecule has 0 saturated heterocycles. The van der Waals surface area contributed by atoms with E-state index >= 15 is 0 Å². The first-order valence-electron chi connectivity index (χ1n) is 5.14. The number of hydrogen-bond acceptors (Lipinski definition) is 3. The molecule has 0 N–H and O–H groups in total. The molecule has 0 saturated carbocycles. The Hall–Kier alpha value is -1.51. The van der Waals surface area contributed by atoms with Crippen LogP contribution in [0.5, 0.6) is 0 Å². The second-order valence-corrected chi connectivity index (χ2v) is 4.32. The molecule has 0 spiro atoms. The maximum absolute atomic E-state index is 10.4. The molecule has 0 bridgehead atoms. The van der Waals surface area contributed by atoms with Gasteiger partial charge in [0.15, 0.2) is 0 Å². The van der Waals surface area contributed by atoms with Crippen molar-refractivity contribution in [3.63, 3.8) is 0 Å². The lowest BCUT2D eigenvalue weighted by Gasteiger charge is -2.17. The van der Waals surface area contributed by atoms with Gasteiger partial charge in [0, 0.05) is 0 Å². The standard InChI is InChI=1S/C7H8.C6H12O3/c1-7-5-3-2-4-6-7;1-6(2,3)9-5(7)8-4/h2-6H,1H3;1-4H3. The molecule has 3 nitrogen and oxygen atoms in total. The van der Waals surface area contributed by atoms with Crippen LogP contribution < -0.4 is 0 Å². The van der Waals surface area contributed by atoms with Gasteiger partial charge in [-0.2, -0.15) is 0 Å². The zero-order valence-corrected chi connectivity index (χ0v) is 10.6. The molecule has 0 fully saturated rings. The maximum Gasteiger partial charge on any atom is 0.508 e. The summed E-state index contributed by atoms with van der Waals surface area (Å²) in [6.07, 6.45) is -0.637. The Bertz CT molecular complexity index is 299. The zero-order valence-electron chi connectivity index (χ0n) is 10.6. The minimum absolute atomic E-state index is 0.451. The number of methoxy groups -OCH3 is 1. The summed E-state index contributed by atoms with van der Waals surface area (Å²) in [5.74, 6) is 0. The molecule has 0 atom stereocenters. The van der Waals surface area contributed by atoms with E-state index in [2.05, 4.69) is 23.8 Å². The van der Waals surface area contributed by atoms with Crippen LogP contribution in [0.3, 0.4) is 0 Å². The summed E-state index contributed by atoms with van der Waals surface area (Å²) in [6, 6.07) is 10.3. The van der Waals surface area contributed by atoms with Crippen LogP contribution in [0.1, 0.15) is 26.3 Å². The Kier molecular flexibility index (Phi) is 6.23. The third kappa shape index (κ3) is 9.06. The largest absolute Gasteiger partial charge is 0.508 e. The Morgan fingerprint density at radius 3 is 1.81 bits per heavy atom. The van der Waals surface area contributed by atoms with Gasteiger partial charge in [0.2, 0.25) is 0 Å². The summed E-state index contributed by atoms with van der Waals surface area (Å²) in [7, 11) is 1.29. The molecule has 0 aliphatic rings. The van der Waals surface area contributed by atoms with E-state index in [1.807, 2.05) is 18.2 Å². The second-order valence-electron chi connectivity index (χ2n) is 4.32. The van der Waals surface area contributed by atoms with Crippen molar-refractivity contribution >= 4 is 6.16 Å². The number of ether oxygens (including phenoxy) is 2. The van der Waals surface area contributed by atoms with E-state index in [1.54, 1.807) is 20.8 Å². The molecule has 90 valence electrons. The first-order chi connectivity index (χ1) is 7.35. The van der Waals surface area contributed by atoms with Crippen molar-refractivity contribution in [2.75, 3.05) is 7.11 Å². The third-order valence-corrected chi connectivity index (χ3v) is 1.50. The summed E-state index contributed by atoms with van der Waals surface area (Å²) in [5, 5.41) is 0. The Morgan fingerprint density at radius 2 is 1.62 bits per heavy atom. The van der Waals surface area contributed by atoms with E-state index < -0.39 is 11.8 Å². The maximum atomic E-state index is 10.4. The van der Waals surface area contributed by atoms with Crippen molar-refractivity contribution in [3.05, 3.63) is 35.9 Å². The number of carbonyl (C=O) groups excluding carboxylic acids is 1. The van der Waals surface area contributed by atoms with Crippen molar-refractivity contribution < 1.29 is 14.3 Å². The molecular formula is C13H20O3. The molecule has 0 aliphatic carbocycles. The molecule has 0 aliphatic heterocycles. The van der Waals surface area contributed by atoms with Gasteiger partial charge in [-0.05, 0) is 27.7 Å². The van der Waals surface area contributed by atoms with Gasteiger partial charge in [0.05, 0.1) is 7.11 Å². The Balaban J connectivity index is 0.000000288. The van der Waals surface area contributed by atoms with Crippen LogP contribution in [0.15, 0.2) is 30.3 Å². The second kappa shape index (κ2) is 6.88. The first kappa shape index (κ1) is 14.5. The predicted molar refractivity (Wildman–Crippen MR) is 64.4 cm³/mol. The van der Waals surface area contributed by atoms with Gasteiger partial charge in [-0.15, -0.1) is 0 Å². The third-order valence-electron chi connectivity index (χ3n) is 1.50. The van der Waals surface area contributed by atoms with Crippen molar-refractivity contribution in [2.45, 2.75) is 33.3 Å². The predicted octanol–water partition coefficient (Wildman–Crippen LogP) is 3.56. The van der Waals surface area contributed by atoms with Crippen LogP contribution in [-0.2, 0) is 9.47 Å². The summed E-state index contributed by atoms with van der Waals surface area (Å²) >= 11 is 0. The van der Waals surface area contributed by atoms with Gasteiger partial charge in [-0.25, -0.2) is 4.79 Å². The van der Waals surface area contributed by atoms with E-state index in [0.29, 0.717) is 0 Å². The van der Waals surface area contributed by atoms with Crippen molar-refractivity contribution in [1.29, 1.82) is 0 Å². The molecule has 0 unspecified atom stereocenters. The van der Waals surface area contributed by atoms with E-state index in [-0.39, 0.29) is 0 Å². The van der Waals surface area contributed by atoms with Gasteiger partial charge >= 0.3 is 6.16 Å². The lowest BCUT2D eigenvalue weighted by Crippen LogP contribution is -2.23. The highest BCUT2D eigenvalue weighted by Gasteiger charge is 2.15. The quantitative estimate of drug-likeness (QED) is 0.632. The summed E-state index contributed by atoms with van der Waals surface area (Å²) < 4.78 is 8.99. The molecule has 0 heterocycles. The SMILES string of the molecule is COC(=O)OC(C)(C)C.Cc1ccccc1. The topological polar surface area (TPSA) is 35.5 Å². The fraction of sp³-hybridized carbons (Fsp3) is 0.462. The number of aryl methyl sites for hydroxylation is 1. The Labute approximate surface area is 97.4 Å². The number of carbonyl (C=O) groups is 1. The summed E-state index contributed by atoms with van der Waals surface area (Å²) in [5.41, 5.74) is 0.870. The van der Waals surface area contributed by atoms with Gasteiger partial charge < -0.3 is 9.47 Å². The van der Waals surface area contributed by atoms with Gasteiger partial charge in [0.25, 0.3) is 0 Å². The normalized spacial score (nSPS) is 9.81. The molecule has 1 aromatic rings. The molecule has 3 heteroatoms. The number of rotatable bonds is 0. The number of hydrogen-bond donors (Lipinski definition) is 0. The van der Waals surface area contributed by atoms with E-state index in [1.165, 1.54) is 12.7 Å². The van der Waals surface area contributed by atoms with Gasteiger partial charge in [0.1, 0.15) is 5.60 Å². The van der Waals surface area contributed by atoms with Crippen molar-refractivity contribution in [2.24, 2.45) is 0 Å². The minimum Gasteiger partial charge on any atom is -0.438 e. The van der Waals surface area contributed by atoms with Gasteiger partial charge in [-0.3, -0.25) is 0 Å². The van der Waals surface area contributed by atoms with Crippen LogP contribution in [0.2, 0.25) is 0 Å². The van der Waals surface area contributed by atoms with Crippen molar-refractivity contribution in [3.8, 4) is 0 Å². The van der Waals surface area contributed by atoms with E-state index in [9.17, 15) is 4.79 Å². The van der Waals surface area contributed by atoms with Crippen LogP contribution in [0.4, 0.5) is 4.79 Å². The van der Waals surface area contributed by atoms with E-state index in [4.69, 9.17) is 4.74 Å². The summed E-state index contributed by atoms with van der Waals surface area (Å²) in [4.78, 5) is 10.4. The highest BCUT2D eigenvalue weighted by molar-refractivity contribution is 5.60. The lowest BCUT2D eigenvalue weighted by atomic mass is 10.2. The highest BCUT2D eigenvalue weighted by atomic mass is 16.7. The van der Waals surface area contributed by atoms with Crippen LogP contribution in [0, 0.1) is 6.92 Å².